The molecule has 0 saturated carbocycles. The van der Waals surface area contributed by atoms with Crippen molar-refractivity contribution in [1.82, 2.24) is 13.8 Å². The van der Waals surface area contributed by atoms with Crippen molar-refractivity contribution < 1.29 is 32.6 Å². The second-order valence-corrected chi connectivity index (χ2v) is 14.6. The predicted octanol–water partition coefficient (Wildman–Crippen LogP) is 6.56. The summed E-state index contributed by atoms with van der Waals surface area (Å²) in [6.45, 7) is 7.70. The Morgan fingerprint density at radius 3 is 2.35 bits per heavy atom. The normalized spacial score (nSPS) is 16.6. The number of amides is 1. The Morgan fingerprint density at radius 1 is 1.00 bits per heavy atom. The van der Waals surface area contributed by atoms with Gasteiger partial charge in [0.25, 0.3) is 10.0 Å². The largest absolute Gasteiger partial charge is 0.507 e. The minimum atomic E-state index is -4.23. The van der Waals surface area contributed by atoms with Crippen LogP contribution in [0.1, 0.15) is 42.3 Å². The lowest BCUT2D eigenvalue weighted by atomic mass is 10.0. The third-order valence-corrected chi connectivity index (χ3v) is 10.4. The van der Waals surface area contributed by atoms with Crippen LogP contribution in [0.4, 0.5) is 4.79 Å². The molecule has 2 aliphatic heterocycles. The number of ketones is 1. The summed E-state index contributed by atoms with van der Waals surface area (Å²) in [6, 6.07) is 14.3. The summed E-state index contributed by atoms with van der Waals surface area (Å²) in [6.07, 6.45) is 2.52. The summed E-state index contributed by atoms with van der Waals surface area (Å²) in [5.41, 5.74) is 0.912. The SMILES string of the molecule is CC(C)(C)OC(=O)N1CCN(Cc2c(O)ccc3c2O/C(=C\c2cn(S(=O)(=O)c4c(Cl)cccc4Cl)c4ccccc24)C3=O)CC1. The molecule has 46 heavy (non-hydrogen) atoms. The van der Waals surface area contributed by atoms with E-state index in [0.717, 1.165) is 3.97 Å². The number of nitrogens with zero attached hydrogens (tertiary/aromatic N) is 3. The van der Waals surface area contributed by atoms with Gasteiger partial charge in [0.2, 0.25) is 5.78 Å². The Labute approximate surface area is 276 Å². The molecule has 0 atom stereocenters. The van der Waals surface area contributed by atoms with Crippen LogP contribution in [-0.4, -0.2) is 71.0 Å². The van der Waals surface area contributed by atoms with Crippen molar-refractivity contribution in [2.24, 2.45) is 0 Å². The highest BCUT2D eigenvalue weighted by Crippen LogP contribution is 2.41. The first-order valence-corrected chi connectivity index (χ1v) is 16.7. The molecule has 2 aliphatic rings. The molecule has 10 nitrogen and oxygen atoms in total. The molecule has 0 bridgehead atoms. The third-order valence-electron chi connectivity index (χ3n) is 7.75. The lowest BCUT2D eigenvalue weighted by Crippen LogP contribution is -2.49. The fourth-order valence-corrected chi connectivity index (χ4v) is 8.02. The summed E-state index contributed by atoms with van der Waals surface area (Å²) in [5, 5.41) is 11.3. The molecule has 0 unspecified atom stereocenters. The van der Waals surface area contributed by atoms with Gasteiger partial charge < -0.3 is 19.5 Å². The Kier molecular flexibility index (Phi) is 8.30. The highest BCUT2D eigenvalue weighted by atomic mass is 35.5. The average Bonchev–Trinajstić information content (AvgIpc) is 3.52. The van der Waals surface area contributed by atoms with Crippen LogP contribution < -0.4 is 4.74 Å². The maximum Gasteiger partial charge on any atom is 0.410 e. The molecule has 3 aromatic carbocycles. The molecule has 0 spiro atoms. The smallest absolute Gasteiger partial charge is 0.410 e. The number of ether oxygens (including phenoxy) is 2. The number of allylic oxidation sites excluding steroid dienone is 1. The predicted molar refractivity (Wildman–Crippen MR) is 175 cm³/mol. The zero-order valence-electron chi connectivity index (χ0n) is 25.3. The van der Waals surface area contributed by atoms with E-state index >= 15 is 0 Å². The number of phenols is 1. The number of halogens is 2. The van der Waals surface area contributed by atoms with Crippen LogP contribution >= 0.6 is 23.2 Å². The molecule has 1 amide bonds. The van der Waals surface area contributed by atoms with Gasteiger partial charge in [-0.15, -0.1) is 0 Å². The molecule has 13 heteroatoms. The summed E-state index contributed by atoms with van der Waals surface area (Å²) >= 11 is 12.5. The lowest BCUT2D eigenvalue weighted by molar-refractivity contribution is 0.0137. The minimum Gasteiger partial charge on any atom is -0.507 e. The van der Waals surface area contributed by atoms with Crippen molar-refractivity contribution in [3.05, 3.63) is 93.3 Å². The van der Waals surface area contributed by atoms with Crippen molar-refractivity contribution in [3.8, 4) is 11.5 Å². The van der Waals surface area contributed by atoms with Crippen LogP contribution in [0.15, 0.2) is 71.4 Å². The quantitative estimate of drug-likeness (QED) is 0.235. The van der Waals surface area contributed by atoms with E-state index in [1.54, 1.807) is 35.2 Å². The maximum atomic E-state index is 13.8. The molecule has 1 saturated heterocycles. The van der Waals surface area contributed by atoms with Gasteiger partial charge in [0.15, 0.2) is 5.76 Å². The Balaban J connectivity index is 1.29. The summed E-state index contributed by atoms with van der Waals surface area (Å²) in [4.78, 5) is 29.5. The molecule has 3 heterocycles. The molecule has 1 N–H and O–H groups in total. The van der Waals surface area contributed by atoms with Gasteiger partial charge in [-0.25, -0.2) is 17.2 Å². The van der Waals surface area contributed by atoms with Gasteiger partial charge in [-0.1, -0.05) is 47.5 Å². The van der Waals surface area contributed by atoms with Crippen LogP contribution in [0.2, 0.25) is 10.0 Å². The van der Waals surface area contributed by atoms with Crippen LogP contribution in [0.25, 0.3) is 17.0 Å². The van der Waals surface area contributed by atoms with Gasteiger partial charge in [-0.05, 0) is 57.2 Å². The number of rotatable bonds is 5. The fraction of sp³-hybridized carbons (Fsp3) is 0.273. The molecule has 0 radical (unpaired) electrons. The van der Waals surface area contributed by atoms with Crippen molar-refractivity contribution in [2.75, 3.05) is 26.2 Å². The van der Waals surface area contributed by atoms with E-state index in [9.17, 15) is 23.1 Å². The maximum absolute atomic E-state index is 13.8. The van der Waals surface area contributed by atoms with Gasteiger partial charge in [0.05, 0.1) is 26.7 Å². The Bertz CT molecular complexity index is 2000. The van der Waals surface area contributed by atoms with E-state index in [4.69, 9.17) is 32.7 Å². The number of aromatic hydroxyl groups is 1. The second-order valence-electron chi connectivity index (χ2n) is 12.1. The van der Waals surface area contributed by atoms with Gasteiger partial charge >= 0.3 is 6.09 Å². The zero-order chi connectivity index (χ0) is 33.0. The summed E-state index contributed by atoms with van der Waals surface area (Å²) in [7, 11) is -4.23. The number of piperazine rings is 1. The number of fused-ring (bicyclic) bond motifs is 2. The summed E-state index contributed by atoms with van der Waals surface area (Å²) < 4.78 is 40.2. The monoisotopic (exact) mass is 683 g/mol. The highest BCUT2D eigenvalue weighted by molar-refractivity contribution is 7.90. The number of phenolic OH excluding ortho intramolecular Hbond substituents is 1. The van der Waals surface area contributed by atoms with Crippen molar-refractivity contribution in [1.29, 1.82) is 0 Å². The number of hydrogen-bond acceptors (Lipinski definition) is 8. The van der Waals surface area contributed by atoms with Crippen molar-refractivity contribution in [2.45, 2.75) is 37.8 Å². The van der Waals surface area contributed by atoms with E-state index in [0.29, 0.717) is 48.2 Å². The lowest BCUT2D eigenvalue weighted by Gasteiger charge is -2.35. The van der Waals surface area contributed by atoms with E-state index in [1.165, 1.54) is 36.5 Å². The number of Topliss-reactive ketones (excluding diaryl/α,β-unsaturated/α-hetero) is 1. The van der Waals surface area contributed by atoms with E-state index < -0.39 is 21.4 Å². The van der Waals surface area contributed by atoms with E-state index in [-0.39, 0.29) is 50.4 Å². The van der Waals surface area contributed by atoms with Crippen LogP contribution in [0.3, 0.4) is 0 Å². The number of hydrogen-bond donors (Lipinski definition) is 1. The first-order valence-electron chi connectivity index (χ1n) is 14.5. The number of para-hydroxylation sites is 1. The molecular weight excluding hydrogens is 653 g/mol. The standard InChI is InChI=1S/C33H31Cl2N3O7S/c1-33(2,3)45-32(41)37-15-13-36(14-16-37)19-23-27(39)12-11-22-29(40)28(44-30(22)23)17-20-18-38(26-10-5-4-7-21(20)26)46(42,43)31-24(34)8-6-9-25(31)35/h4-12,17-18,39H,13-16,19H2,1-3H3/b28-17-. The van der Waals surface area contributed by atoms with E-state index in [2.05, 4.69) is 4.90 Å². The Hall–Kier alpha value is -4.03. The third kappa shape index (κ3) is 5.95. The first kappa shape index (κ1) is 31.9. The fourth-order valence-electron chi connectivity index (χ4n) is 5.55. The molecule has 0 aliphatic carbocycles. The van der Waals surface area contributed by atoms with Gasteiger partial charge in [0.1, 0.15) is 22.0 Å². The van der Waals surface area contributed by atoms with Crippen molar-refractivity contribution in [3.63, 3.8) is 0 Å². The van der Waals surface area contributed by atoms with Crippen molar-refractivity contribution >= 4 is 62.1 Å². The molecule has 240 valence electrons. The summed E-state index contributed by atoms with van der Waals surface area (Å²) in [5.74, 6) is -0.209. The average molecular weight is 685 g/mol. The first-order chi connectivity index (χ1) is 21.7. The molecule has 4 aromatic rings. The number of benzene rings is 3. The molecular formula is C33H31Cl2N3O7S. The van der Waals surface area contributed by atoms with E-state index in [1.807, 2.05) is 20.8 Å². The van der Waals surface area contributed by atoms with Gasteiger partial charge in [-0.3, -0.25) is 9.69 Å². The second kappa shape index (κ2) is 12.0. The molecule has 6 rings (SSSR count). The number of aromatic nitrogens is 1. The topological polar surface area (TPSA) is 118 Å². The van der Waals surface area contributed by atoms with Crippen LogP contribution in [0, 0.1) is 0 Å². The number of carbonyl (C=O) groups excluding carboxylic acids is 2. The molecule has 1 aromatic heterocycles. The zero-order valence-corrected chi connectivity index (χ0v) is 27.6. The van der Waals surface area contributed by atoms with Crippen LogP contribution in [-0.2, 0) is 21.3 Å². The van der Waals surface area contributed by atoms with Gasteiger partial charge in [0, 0.05) is 49.9 Å². The highest BCUT2D eigenvalue weighted by Gasteiger charge is 2.34. The van der Waals surface area contributed by atoms with Crippen LogP contribution in [0.5, 0.6) is 11.5 Å². The Morgan fingerprint density at radius 2 is 1.67 bits per heavy atom. The minimum absolute atomic E-state index is 0.0199. The van der Waals surface area contributed by atoms with Gasteiger partial charge in [-0.2, -0.15) is 0 Å². The molecule has 1 fully saturated rings. The number of carbonyl (C=O) groups is 2.